The quantitative estimate of drug-likeness (QED) is 0.806. The highest BCUT2D eigenvalue weighted by Gasteiger charge is 2.17. The second-order valence-corrected chi connectivity index (χ2v) is 6.27. The maximum atomic E-state index is 12.1. The number of hydrogen-bond donors (Lipinski definition) is 0. The van der Waals surface area contributed by atoms with Crippen molar-refractivity contribution in [2.24, 2.45) is 0 Å². The van der Waals surface area contributed by atoms with E-state index in [-0.39, 0.29) is 0 Å². The van der Waals surface area contributed by atoms with Gasteiger partial charge in [0.1, 0.15) is 0 Å². The largest absolute Gasteiger partial charge is 0.218 e. The van der Waals surface area contributed by atoms with Crippen LogP contribution in [0.5, 0.6) is 0 Å². The van der Waals surface area contributed by atoms with Crippen molar-refractivity contribution >= 4 is 21.2 Å². The summed E-state index contributed by atoms with van der Waals surface area (Å²) < 4.78 is 24.1. The van der Waals surface area contributed by atoms with E-state index in [0.29, 0.717) is 9.79 Å². The molecule has 78 valence electrons. The second kappa shape index (κ2) is 3.79. The molecule has 4 heteroatoms. The summed E-state index contributed by atoms with van der Waals surface area (Å²) in [6, 6.07) is 10.2. The summed E-state index contributed by atoms with van der Waals surface area (Å²) in [5.74, 6) is 0. The molecular weight excluding hydrogens is 228 g/mol. The van der Waals surface area contributed by atoms with Gasteiger partial charge in [0.2, 0.25) is 9.84 Å². The van der Waals surface area contributed by atoms with E-state index in [9.17, 15) is 8.42 Å². The number of benzene rings is 1. The fraction of sp³-hybridized carbons (Fsp3) is 0.0909. The molecular formula is C11H10O2S2. The van der Waals surface area contributed by atoms with Crippen molar-refractivity contribution in [2.75, 3.05) is 0 Å². The van der Waals surface area contributed by atoms with E-state index < -0.39 is 9.84 Å². The molecule has 0 saturated heterocycles. The minimum atomic E-state index is -3.31. The lowest BCUT2D eigenvalue weighted by Crippen LogP contribution is -1.99. The van der Waals surface area contributed by atoms with Crippen molar-refractivity contribution < 1.29 is 8.42 Å². The Bertz CT molecular complexity index is 553. The van der Waals surface area contributed by atoms with E-state index in [1.165, 1.54) is 11.3 Å². The molecule has 0 radical (unpaired) electrons. The number of thiophene rings is 1. The van der Waals surface area contributed by atoms with Gasteiger partial charge < -0.3 is 0 Å². The summed E-state index contributed by atoms with van der Waals surface area (Å²) in [7, 11) is -3.31. The van der Waals surface area contributed by atoms with Gasteiger partial charge in [-0.2, -0.15) is 0 Å². The van der Waals surface area contributed by atoms with Gasteiger partial charge in [-0.15, -0.1) is 11.3 Å². The van der Waals surface area contributed by atoms with Gasteiger partial charge in [0, 0.05) is 10.3 Å². The zero-order chi connectivity index (χ0) is 10.9. The van der Waals surface area contributed by atoms with Gasteiger partial charge in [0.05, 0.1) is 9.79 Å². The van der Waals surface area contributed by atoms with Crippen LogP contribution in [0.3, 0.4) is 0 Å². The van der Waals surface area contributed by atoms with Crippen LogP contribution in [0.25, 0.3) is 0 Å². The summed E-state index contributed by atoms with van der Waals surface area (Å²) in [5, 5.41) is 1.68. The van der Waals surface area contributed by atoms with Crippen molar-refractivity contribution in [1.82, 2.24) is 0 Å². The molecule has 2 nitrogen and oxygen atoms in total. The van der Waals surface area contributed by atoms with Gasteiger partial charge in [-0.1, -0.05) is 18.2 Å². The summed E-state index contributed by atoms with van der Waals surface area (Å²) in [4.78, 5) is 1.74. The van der Waals surface area contributed by atoms with E-state index in [1.54, 1.807) is 41.8 Å². The molecule has 2 rings (SSSR count). The lowest BCUT2D eigenvalue weighted by atomic mass is 10.4. The van der Waals surface area contributed by atoms with Gasteiger partial charge in [0.15, 0.2) is 0 Å². The van der Waals surface area contributed by atoms with Crippen LogP contribution in [-0.4, -0.2) is 8.42 Å². The van der Waals surface area contributed by atoms with Gasteiger partial charge >= 0.3 is 0 Å². The van der Waals surface area contributed by atoms with E-state index in [4.69, 9.17) is 0 Å². The highest BCUT2D eigenvalue weighted by atomic mass is 32.2. The fourth-order valence-corrected chi connectivity index (χ4v) is 3.71. The summed E-state index contributed by atoms with van der Waals surface area (Å²) in [5.41, 5.74) is 0. The standard InChI is InChI=1S/C11H10O2S2/c1-9-7-11(8-14-9)15(12,13)10-5-3-2-4-6-10/h2-8H,1H3. The summed E-state index contributed by atoms with van der Waals surface area (Å²) in [6.07, 6.45) is 0. The van der Waals surface area contributed by atoms with Crippen LogP contribution in [0.15, 0.2) is 51.6 Å². The molecule has 0 atom stereocenters. The average Bonchev–Trinajstić information content (AvgIpc) is 2.67. The molecule has 1 heterocycles. The maximum Gasteiger partial charge on any atom is 0.207 e. The van der Waals surface area contributed by atoms with Crippen molar-refractivity contribution in [2.45, 2.75) is 16.7 Å². The highest BCUT2D eigenvalue weighted by Crippen LogP contribution is 2.24. The molecule has 0 N–H and O–H groups in total. The molecule has 0 unspecified atom stereocenters. The third kappa shape index (κ3) is 1.96. The minimum absolute atomic E-state index is 0.350. The Labute approximate surface area is 93.1 Å². The predicted octanol–water partition coefficient (Wildman–Crippen LogP) is 2.89. The molecule has 2 aromatic rings. The number of sulfone groups is 1. The molecule has 0 aliphatic rings. The SMILES string of the molecule is Cc1cc(S(=O)(=O)c2ccccc2)cs1. The summed E-state index contributed by atoms with van der Waals surface area (Å²) in [6.45, 7) is 1.90. The summed E-state index contributed by atoms with van der Waals surface area (Å²) >= 11 is 1.45. The van der Waals surface area contributed by atoms with Crippen molar-refractivity contribution in [3.63, 3.8) is 0 Å². The second-order valence-electron chi connectivity index (χ2n) is 3.21. The van der Waals surface area contributed by atoms with Crippen LogP contribution in [0, 0.1) is 6.92 Å². The lowest BCUT2D eigenvalue weighted by molar-refractivity contribution is 0.596. The van der Waals surface area contributed by atoms with Crippen LogP contribution in [0.2, 0.25) is 0 Å². The molecule has 0 aliphatic carbocycles. The Kier molecular flexibility index (Phi) is 2.63. The Morgan fingerprint density at radius 2 is 1.73 bits per heavy atom. The monoisotopic (exact) mass is 238 g/mol. The highest BCUT2D eigenvalue weighted by molar-refractivity contribution is 7.91. The van der Waals surface area contributed by atoms with Crippen molar-refractivity contribution in [3.05, 3.63) is 46.7 Å². The van der Waals surface area contributed by atoms with Gasteiger partial charge in [0.25, 0.3) is 0 Å². The number of aryl methyl sites for hydroxylation is 1. The topological polar surface area (TPSA) is 34.1 Å². The zero-order valence-electron chi connectivity index (χ0n) is 8.17. The van der Waals surface area contributed by atoms with Crippen LogP contribution < -0.4 is 0 Å². The first-order valence-electron chi connectivity index (χ1n) is 4.46. The normalized spacial score (nSPS) is 11.5. The third-order valence-corrected chi connectivity index (χ3v) is 4.83. The first kappa shape index (κ1) is 10.4. The fourth-order valence-electron chi connectivity index (χ4n) is 1.30. The van der Waals surface area contributed by atoms with Crippen LogP contribution in [-0.2, 0) is 9.84 Å². The number of hydrogen-bond acceptors (Lipinski definition) is 3. The Hall–Kier alpha value is -1.13. The first-order chi connectivity index (χ1) is 7.10. The van der Waals surface area contributed by atoms with Crippen LogP contribution in [0.4, 0.5) is 0 Å². The molecule has 1 aromatic carbocycles. The zero-order valence-corrected chi connectivity index (χ0v) is 9.81. The van der Waals surface area contributed by atoms with E-state index in [2.05, 4.69) is 0 Å². The predicted molar refractivity (Wildman–Crippen MR) is 60.9 cm³/mol. The first-order valence-corrected chi connectivity index (χ1v) is 6.82. The van der Waals surface area contributed by atoms with Crippen LogP contribution in [0.1, 0.15) is 4.88 Å². The maximum absolute atomic E-state index is 12.1. The molecule has 0 bridgehead atoms. The molecule has 15 heavy (non-hydrogen) atoms. The molecule has 0 spiro atoms. The average molecular weight is 238 g/mol. The molecule has 1 aromatic heterocycles. The molecule has 0 saturated carbocycles. The van der Waals surface area contributed by atoms with Crippen LogP contribution >= 0.6 is 11.3 Å². The van der Waals surface area contributed by atoms with Gasteiger partial charge in [-0.05, 0) is 25.1 Å². The van der Waals surface area contributed by atoms with Gasteiger partial charge in [-0.25, -0.2) is 8.42 Å². The molecule has 0 amide bonds. The molecule has 0 aliphatic heterocycles. The Morgan fingerprint density at radius 3 is 2.27 bits per heavy atom. The van der Waals surface area contributed by atoms with Crippen molar-refractivity contribution in [3.8, 4) is 0 Å². The van der Waals surface area contributed by atoms with E-state index in [0.717, 1.165) is 4.88 Å². The molecule has 0 fully saturated rings. The minimum Gasteiger partial charge on any atom is -0.218 e. The smallest absolute Gasteiger partial charge is 0.207 e. The number of rotatable bonds is 2. The third-order valence-electron chi connectivity index (χ3n) is 2.07. The van der Waals surface area contributed by atoms with E-state index in [1.807, 2.05) is 6.92 Å². The Morgan fingerprint density at radius 1 is 1.07 bits per heavy atom. The van der Waals surface area contributed by atoms with E-state index >= 15 is 0 Å². The van der Waals surface area contributed by atoms with Crippen molar-refractivity contribution in [1.29, 1.82) is 0 Å². The van der Waals surface area contributed by atoms with Gasteiger partial charge in [-0.3, -0.25) is 0 Å². The lowest BCUT2D eigenvalue weighted by Gasteiger charge is -2.00. The Balaban J connectivity index is 2.54.